The van der Waals surface area contributed by atoms with E-state index in [0.29, 0.717) is 6.42 Å². The van der Waals surface area contributed by atoms with Gasteiger partial charge in [0.2, 0.25) is 0 Å². The molecule has 1 N–H and O–H groups in total. The second kappa shape index (κ2) is 5.78. The van der Waals surface area contributed by atoms with E-state index in [4.69, 9.17) is 0 Å². The lowest BCUT2D eigenvalue weighted by atomic mass is 10.0. The van der Waals surface area contributed by atoms with Gasteiger partial charge in [-0.1, -0.05) is 19.1 Å². The van der Waals surface area contributed by atoms with Crippen LogP contribution in [0.1, 0.15) is 30.6 Å². The molecule has 1 aromatic heterocycles. The van der Waals surface area contributed by atoms with Crippen LogP contribution in [0.25, 0.3) is 0 Å². The number of aromatic nitrogens is 2. The van der Waals surface area contributed by atoms with E-state index in [2.05, 4.69) is 12.0 Å². The third kappa shape index (κ3) is 3.17. The Labute approximate surface area is 106 Å². The number of halogens is 1. The molecule has 1 unspecified atom stereocenters. The summed E-state index contributed by atoms with van der Waals surface area (Å²) in [6.45, 7) is 2.93. The molecule has 0 aliphatic carbocycles. The van der Waals surface area contributed by atoms with Crippen LogP contribution in [0.15, 0.2) is 36.7 Å². The second-order valence-corrected chi connectivity index (χ2v) is 4.38. The number of aliphatic hydroxyl groups is 1. The SMILES string of the molecule is CCCn1cc(C(O)Cc2ccc(F)cc2)cn1. The molecular formula is C14H17FN2O. The number of hydrogen-bond donors (Lipinski definition) is 1. The van der Waals surface area contributed by atoms with Gasteiger partial charge in [-0.15, -0.1) is 0 Å². The van der Waals surface area contributed by atoms with E-state index in [1.807, 2.05) is 10.9 Å². The van der Waals surface area contributed by atoms with Gasteiger partial charge in [-0.25, -0.2) is 4.39 Å². The molecule has 0 radical (unpaired) electrons. The van der Waals surface area contributed by atoms with Gasteiger partial charge in [0.1, 0.15) is 5.82 Å². The zero-order chi connectivity index (χ0) is 13.0. The lowest BCUT2D eigenvalue weighted by Crippen LogP contribution is -2.01. The topological polar surface area (TPSA) is 38.0 Å². The molecule has 0 saturated carbocycles. The van der Waals surface area contributed by atoms with Crippen LogP contribution in [0.3, 0.4) is 0 Å². The van der Waals surface area contributed by atoms with Crippen LogP contribution in [-0.2, 0) is 13.0 Å². The number of benzene rings is 1. The smallest absolute Gasteiger partial charge is 0.123 e. The Balaban J connectivity index is 2.02. The maximum absolute atomic E-state index is 12.8. The lowest BCUT2D eigenvalue weighted by Gasteiger charge is -2.08. The first-order chi connectivity index (χ1) is 8.69. The fourth-order valence-corrected chi connectivity index (χ4v) is 1.86. The van der Waals surface area contributed by atoms with Crippen molar-refractivity contribution in [3.05, 3.63) is 53.6 Å². The van der Waals surface area contributed by atoms with Crippen LogP contribution < -0.4 is 0 Å². The first-order valence-electron chi connectivity index (χ1n) is 6.14. The minimum absolute atomic E-state index is 0.260. The predicted molar refractivity (Wildman–Crippen MR) is 67.6 cm³/mol. The van der Waals surface area contributed by atoms with Crippen LogP contribution in [0.4, 0.5) is 4.39 Å². The van der Waals surface area contributed by atoms with Gasteiger partial charge >= 0.3 is 0 Å². The molecule has 3 nitrogen and oxygen atoms in total. The quantitative estimate of drug-likeness (QED) is 0.883. The van der Waals surface area contributed by atoms with Gasteiger partial charge < -0.3 is 5.11 Å². The molecule has 96 valence electrons. The highest BCUT2D eigenvalue weighted by atomic mass is 19.1. The molecule has 0 spiro atoms. The number of hydrogen-bond acceptors (Lipinski definition) is 2. The van der Waals surface area contributed by atoms with Crippen molar-refractivity contribution in [2.75, 3.05) is 0 Å². The summed E-state index contributed by atoms with van der Waals surface area (Å²) < 4.78 is 14.6. The fourth-order valence-electron chi connectivity index (χ4n) is 1.86. The van der Waals surface area contributed by atoms with Crippen LogP contribution in [0, 0.1) is 5.82 Å². The number of aliphatic hydroxyl groups excluding tert-OH is 1. The Morgan fingerprint density at radius 2 is 2.06 bits per heavy atom. The summed E-state index contributed by atoms with van der Waals surface area (Å²) in [5.41, 5.74) is 1.71. The Morgan fingerprint density at radius 3 is 2.72 bits per heavy atom. The van der Waals surface area contributed by atoms with E-state index < -0.39 is 6.10 Å². The molecule has 1 atom stereocenters. The van der Waals surface area contributed by atoms with E-state index >= 15 is 0 Å². The van der Waals surface area contributed by atoms with Crippen molar-refractivity contribution in [2.24, 2.45) is 0 Å². The minimum atomic E-state index is -0.596. The van der Waals surface area contributed by atoms with Gasteiger partial charge in [0.15, 0.2) is 0 Å². The maximum atomic E-state index is 12.8. The van der Waals surface area contributed by atoms with Crippen molar-refractivity contribution in [1.82, 2.24) is 9.78 Å². The van der Waals surface area contributed by atoms with E-state index in [9.17, 15) is 9.50 Å². The van der Waals surface area contributed by atoms with E-state index in [1.54, 1.807) is 18.3 Å². The van der Waals surface area contributed by atoms with Crippen molar-refractivity contribution in [2.45, 2.75) is 32.4 Å². The minimum Gasteiger partial charge on any atom is -0.388 e. The third-order valence-corrected chi connectivity index (χ3v) is 2.83. The molecule has 0 bridgehead atoms. The average Bonchev–Trinajstić information content (AvgIpc) is 2.81. The zero-order valence-electron chi connectivity index (χ0n) is 10.4. The highest BCUT2D eigenvalue weighted by Gasteiger charge is 2.11. The first kappa shape index (κ1) is 12.8. The first-order valence-corrected chi connectivity index (χ1v) is 6.14. The van der Waals surface area contributed by atoms with Crippen molar-refractivity contribution in [3.63, 3.8) is 0 Å². The molecule has 1 heterocycles. The van der Waals surface area contributed by atoms with Gasteiger partial charge in [0.25, 0.3) is 0 Å². The standard InChI is InChI=1S/C14H17FN2O/c1-2-7-17-10-12(9-16-17)14(18)8-11-3-5-13(15)6-4-11/h3-6,9-10,14,18H,2,7-8H2,1H3. The Kier molecular flexibility index (Phi) is 4.10. The zero-order valence-corrected chi connectivity index (χ0v) is 10.4. The van der Waals surface area contributed by atoms with E-state index in [1.165, 1.54) is 12.1 Å². The molecule has 1 aromatic carbocycles. The van der Waals surface area contributed by atoms with Crippen LogP contribution in [0.2, 0.25) is 0 Å². The molecule has 2 aromatic rings. The van der Waals surface area contributed by atoms with Crippen LogP contribution >= 0.6 is 0 Å². The van der Waals surface area contributed by atoms with Gasteiger partial charge in [-0.2, -0.15) is 5.10 Å². The van der Waals surface area contributed by atoms with Gasteiger partial charge in [-0.05, 0) is 24.1 Å². The van der Waals surface area contributed by atoms with Crippen molar-refractivity contribution < 1.29 is 9.50 Å². The largest absolute Gasteiger partial charge is 0.388 e. The van der Waals surface area contributed by atoms with Crippen LogP contribution in [-0.4, -0.2) is 14.9 Å². The van der Waals surface area contributed by atoms with Gasteiger partial charge in [0.05, 0.1) is 12.3 Å². The summed E-state index contributed by atoms with van der Waals surface area (Å²) in [5, 5.41) is 14.3. The molecule has 0 amide bonds. The molecule has 2 rings (SSSR count). The summed E-state index contributed by atoms with van der Waals surface area (Å²) in [6, 6.07) is 6.19. The highest BCUT2D eigenvalue weighted by molar-refractivity contribution is 5.19. The normalized spacial score (nSPS) is 12.6. The van der Waals surface area contributed by atoms with Gasteiger partial charge in [0, 0.05) is 24.7 Å². The second-order valence-electron chi connectivity index (χ2n) is 4.38. The third-order valence-electron chi connectivity index (χ3n) is 2.83. The summed E-state index contributed by atoms with van der Waals surface area (Å²) >= 11 is 0. The Bertz CT molecular complexity index is 493. The van der Waals surface area contributed by atoms with E-state index in [-0.39, 0.29) is 5.82 Å². The number of aryl methyl sites for hydroxylation is 1. The summed E-state index contributed by atoms with van der Waals surface area (Å²) in [6.07, 6.45) is 4.43. The summed E-state index contributed by atoms with van der Waals surface area (Å²) in [4.78, 5) is 0. The Morgan fingerprint density at radius 1 is 1.33 bits per heavy atom. The number of rotatable bonds is 5. The molecule has 0 aliphatic rings. The molecule has 0 aliphatic heterocycles. The lowest BCUT2D eigenvalue weighted by molar-refractivity contribution is 0.178. The predicted octanol–water partition coefficient (Wildman–Crippen LogP) is 2.71. The van der Waals surface area contributed by atoms with Crippen molar-refractivity contribution >= 4 is 0 Å². The molecule has 4 heteroatoms. The van der Waals surface area contributed by atoms with E-state index in [0.717, 1.165) is 24.1 Å². The van der Waals surface area contributed by atoms with Crippen LogP contribution in [0.5, 0.6) is 0 Å². The van der Waals surface area contributed by atoms with Crippen molar-refractivity contribution in [1.29, 1.82) is 0 Å². The van der Waals surface area contributed by atoms with Gasteiger partial charge in [-0.3, -0.25) is 4.68 Å². The molecule has 18 heavy (non-hydrogen) atoms. The summed E-state index contributed by atoms with van der Waals surface area (Å²) in [5.74, 6) is -0.260. The fraction of sp³-hybridized carbons (Fsp3) is 0.357. The molecule has 0 saturated heterocycles. The monoisotopic (exact) mass is 248 g/mol. The molecule has 0 fully saturated rings. The Hall–Kier alpha value is -1.68. The average molecular weight is 248 g/mol. The van der Waals surface area contributed by atoms with Crippen molar-refractivity contribution in [3.8, 4) is 0 Å². The maximum Gasteiger partial charge on any atom is 0.123 e. The summed E-state index contributed by atoms with van der Waals surface area (Å²) in [7, 11) is 0. The molecular weight excluding hydrogens is 231 g/mol. The highest BCUT2D eigenvalue weighted by Crippen LogP contribution is 2.18. The number of nitrogens with zero attached hydrogens (tertiary/aromatic N) is 2.